The molecule has 7 heteroatoms. The molecule has 182 valence electrons. The number of rotatable bonds is 6. The van der Waals surface area contributed by atoms with Gasteiger partial charge in [-0.2, -0.15) is 4.98 Å². The number of urea groups is 1. The standard InChI is InChI=1S/C29H27FN4O2/c1-4-19-12-14-21(15-13-19)26-25(28-32-27(33-36-28)22-9-7-10-23(30)17-22)18(3)34(29(35)31-26)24-11-6-8-20(5-2)16-24/h6-17,26H,4-5H2,1-3H3,(H,31,35). The van der Waals surface area contributed by atoms with Crippen molar-refractivity contribution in [2.75, 3.05) is 4.90 Å². The fourth-order valence-electron chi connectivity index (χ4n) is 4.52. The van der Waals surface area contributed by atoms with Gasteiger partial charge < -0.3 is 9.84 Å². The molecule has 4 aromatic rings. The van der Waals surface area contributed by atoms with E-state index in [1.807, 2.05) is 43.3 Å². The summed E-state index contributed by atoms with van der Waals surface area (Å²) in [6, 6.07) is 21.3. The third kappa shape index (κ3) is 4.40. The molecule has 1 atom stereocenters. The predicted octanol–water partition coefficient (Wildman–Crippen LogP) is 6.70. The number of allylic oxidation sites excluding steroid dienone is 1. The molecule has 0 aliphatic carbocycles. The van der Waals surface area contributed by atoms with Gasteiger partial charge in [-0.25, -0.2) is 9.18 Å². The first-order chi connectivity index (χ1) is 17.5. The molecule has 1 unspecified atom stereocenters. The number of benzene rings is 3. The second-order valence-corrected chi connectivity index (χ2v) is 8.77. The third-order valence-corrected chi connectivity index (χ3v) is 6.52. The number of nitrogens with one attached hydrogen (secondary N) is 1. The zero-order chi connectivity index (χ0) is 25.2. The van der Waals surface area contributed by atoms with Crippen molar-refractivity contribution in [2.24, 2.45) is 0 Å². The lowest BCUT2D eigenvalue weighted by Gasteiger charge is -2.35. The number of aromatic nitrogens is 2. The van der Waals surface area contributed by atoms with Crippen molar-refractivity contribution in [1.82, 2.24) is 15.5 Å². The van der Waals surface area contributed by atoms with E-state index in [2.05, 4.69) is 41.4 Å². The first-order valence-electron chi connectivity index (χ1n) is 12.1. The molecule has 1 aliphatic rings. The van der Waals surface area contributed by atoms with E-state index >= 15 is 0 Å². The highest BCUT2D eigenvalue weighted by atomic mass is 19.1. The number of aryl methyl sites for hydroxylation is 2. The highest BCUT2D eigenvalue weighted by Crippen LogP contribution is 2.39. The number of anilines is 1. The van der Waals surface area contributed by atoms with Gasteiger partial charge in [-0.1, -0.05) is 67.5 Å². The van der Waals surface area contributed by atoms with Gasteiger partial charge in [-0.3, -0.25) is 4.90 Å². The minimum atomic E-state index is -0.491. The molecule has 5 rings (SSSR count). The van der Waals surface area contributed by atoms with E-state index < -0.39 is 6.04 Å². The van der Waals surface area contributed by atoms with Crippen LogP contribution in [0.15, 0.2) is 83.0 Å². The van der Waals surface area contributed by atoms with Crippen LogP contribution in [0.4, 0.5) is 14.9 Å². The Balaban J connectivity index is 1.65. The van der Waals surface area contributed by atoms with Crippen LogP contribution in [0.25, 0.3) is 17.0 Å². The van der Waals surface area contributed by atoms with Gasteiger partial charge in [0.25, 0.3) is 5.89 Å². The largest absolute Gasteiger partial charge is 0.334 e. The summed E-state index contributed by atoms with van der Waals surface area (Å²) in [6.45, 7) is 6.06. The van der Waals surface area contributed by atoms with Gasteiger partial charge in [-0.05, 0) is 60.7 Å². The molecule has 3 aromatic carbocycles. The van der Waals surface area contributed by atoms with E-state index in [9.17, 15) is 9.18 Å². The summed E-state index contributed by atoms with van der Waals surface area (Å²) in [5.74, 6) is 0.171. The van der Waals surface area contributed by atoms with Crippen LogP contribution in [0.1, 0.15) is 49.4 Å². The number of nitrogens with zero attached hydrogens (tertiary/aromatic N) is 3. The number of hydrogen-bond acceptors (Lipinski definition) is 4. The van der Waals surface area contributed by atoms with Crippen molar-refractivity contribution in [1.29, 1.82) is 0 Å². The molecule has 0 saturated carbocycles. The lowest BCUT2D eigenvalue weighted by atomic mass is 9.93. The van der Waals surface area contributed by atoms with Gasteiger partial charge >= 0.3 is 6.03 Å². The molecule has 0 fully saturated rings. The summed E-state index contributed by atoms with van der Waals surface area (Å²) in [7, 11) is 0. The summed E-state index contributed by atoms with van der Waals surface area (Å²) in [6.07, 6.45) is 1.77. The average molecular weight is 483 g/mol. The van der Waals surface area contributed by atoms with E-state index in [0.717, 1.165) is 29.7 Å². The minimum absolute atomic E-state index is 0.237. The van der Waals surface area contributed by atoms with Gasteiger partial charge in [-0.15, -0.1) is 0 Å². The summed E-state index contributed by atoms with van der Waals surface area (Å²) < 4.78 is 19.5. The second-order valence-electron chi connectivity index (χ2n) is 8.77. The number of carbonyl (C=O) groups excluding carboxylic acids is 1. The van der Waals surface area contributed by atoms with Gasteiger partial charge in [0.1, 0.15) is 5.82 Å². The molecule has 36 heavy (non-hydrogen) atoms. The Hall–Kier alpha value is -4.26. The summed E-state index contributed by atoms with van der Waals surface area (Å²) in [4.78, 5) is 19.7. The van der Waals surface area contributed by atoms with E-state index in [-0.39, 0.29) is 23.6 Å². The molecule has 0 saturated heterocycles. The number of halogens is 1. The zero-order valence-corrected chi connectivity index (χ0v) is 20.5. The molecular formula is C29H27FN4O2. The minimum Gasteiger partial charge on any atom is -0.334 e. The van der Waals surface area contributed by atoms with Crippen LogP contribution in [-0.4, -0.2) is 16.2 Å². The van der Waals surface area contributed by atoms with Crippen molar-refractivity contribution in [2.45, 2.75) is 39.7 Å². The fraction of sp³-hybridized carbons (Fsp3) is 0.207. The average Bonchev–Trinajstić information content (AvgIpc) is 3.38. The SMILES string of the molecule is CCc1ccc(C2NC(=O)N(c3cccc(CC)c3)C(C)=C2c2nc(-c3cccc(F)c3)no2)cc1. The van der Waals surface area contributed by atoms with Gasteiger partial charge in [0.15, 0.2) is 0 Å². The van der Waals surface area contributed by atoms with Crippen molar-refractivity contribution in [3.63, 3.8) is 0 Å². The van der Waals surface area contributed by atoms with E-state index in [4.69, 9.17) is 4.52 Å². The topological polar surface area (TPSA) is 71.3 Å². The Kier molecular flexibility index (Phi) is 6.38. The molecular weight excluding hydrogens is 455 g/mol. The molecule has 0 bridgehead atoms. The zero-order valence-electron chi connectivity index (χ0n) is 20.5. The maximum atomic E-state index is 13.8. The lowest BCUT2D eigenvalue weighted by molar-refractivity contribution is 0.244. The first kappa shape index (κ1) is 23.5. The molecule has 6 nitrogen and oxygen atoms in total. The van der Waals surface area contributed by atoms with Crippen LogP contribution in [0.5, 0.6) is 0 Å². The third-order valence-electron chi connectivity index (χ3n) is 6.52. The van der Waals surface area contributed by atoms with Crippen LogP contribution < -0.4 is 10.2 Å². The molecule has 0 spiro atoms. The molecule has 1 N–H and O–H groups in total. The number of hydrogen-bond donors (Lipinski definition) is 1. The maximum Gasteiger partial charge on any atom is 0.326 e. The monoisotopic (exact) mass is 482 g/mol. The molecule has 0 radical (unpaired) electrons. The Morgan fingerprint density at radius 2 is 1.72 bits per heavy atom. The van der Waals surface area contributed by atoms with Crippen LogP contribution >= 0.6 is 0 Å². The van der Waals surface area contributed by atoms with E-state index in [1.54, 1.807) is 17.0 Å². The highest BCUT2D eigenvalue weighted by Gasteiger charge is 2.36. The summed E-state index contributed by atoms with van der Waals surface area (Å²) in [5.41, 5.74) is 5.88. The van der Waals surface area contributed by atoms with Crippen molar-refractivity contribution < 1.29 is 13.7 Å². The van der Waals surface area contributed by atoms with Crippen LogP contribution in [0.3, 0.4) is 0 Å². The Bertz CT molecular complexity index is 1440. The Morgan fingerprint density at radius 1 is 0.972 bits per heavy atom. The number of carbonyl (C=O) groups is 1. The first-order valence-corrected chi connectivity index (χ1v) is 12.1. The van der Waals surface area contributed by atoms with E-state index in [0.29, 0.717) is 16.8 Å². The normalized spacial score (nSPS) is 15.8. The Morgan fingerprint density at radius 3 is 2.44 bits per heavy atom. The molecule has 1 aromatic heterocycles. The molecule has 2 amide bonds. The second kappa shape index (κ2) is 9.77. The van der Waals surface area contributed by atoms with Crippen molar-refractivity contribution in [3.05, 3.63) is 107 Å². The van der Waals surface area contributed by atoms with Gasteiger partial charge in [0, 0.05) is 11.3 Å². The maximum absolute atomic E-state index is 13.8. The van der Waals surface area contributed by atoms with Gasteiger partial charge in [0.05, 0.1) is 17.3 Å². The van der Waals surface area contributed by atoms with Crippen molar-refractivity contribution >= 4 is 17.3 Å². The Labute approximate surface area is 209 Å². The quantitative estimate of drug-likeness (QED) is 0.332. The smallest absolute Gasteiger partial charge is 0.326 e. The molecule has 2 heterocycles. The fourth-order valence-corrected chi connectivity index (χ4v) is 4.52. The summed E-state index contributed by atoms with van der Waals surface area (Å²) in [5, 5.41) is 7.25. The number of amides is 2. The molecule has 1 aliphatic heterocycles. The van der Waals surface area contributed by atoms with Gasteiger partial charge in [0.2, 0.25) is 5.82 Å². The summed E-state index contributed by atoms with van der Waals surface area (Å²) >= 11 is 0. The van der Waals surface area contributed by atoms with Crippen LogP contribution in [-0.2, 0) is 12.8 Å². The van der Waals surface area contributed by atoms with E-state index in [1.165, 1.54) is 17.7 Å². The predicted molar refractivity (Wildman–Crippen MR) is 138 cm³/mol. The highest BCUT2D eigenvalue weighted by molar-refractivity contribution is 6.01. The van der Waals surface area contributed by atoms with Crippen LogP contribution in [0.2, 0.25) is 0 Å². The lowest BCUT2D eigenvalue weighted by Crippen LogP contribution is -2.46. The van der Waals surface area contributed by atoms with Crippen LogP contribution in [0, 0.1) is 5.82 Å². The van der Waals surface area contributed by atoms with Crippen molar-refractivity contribution in [3.8, 4) is 11.4 Å².